The molecule has 0 saturated carbocycles. The summed E-state index contributed by atoms with van der Waals surface area (Å²) < 4.78 is 4.77. The first-order valence-electron chi connectivity index (χ1n) is 2.51. The number of rotatable bonds is 1. The molecule has 0 aromatic carbocycles. The molecule has 0 atom stereocenters. The van der Waals surface area contributed by atoms with Crippen LogP contribution >= 0.6 is 23.2 Å². The topological polar surface area (TPSA) is 22.1 Å². The molecule has 0 aliphatic carbocycles. The molecule has 53 valence electrons. The van der Waals surface area contributed by atoms with Crippen LogP contribution in [-0.4, -0.2) is 12.1 Å². The van der Waals surface area contributed by atoms with Crippen LogP contribution in [0.15, 0.2) is 6.20 Å². The Balaban J connectivity index is 3.07. The van der Waals surface area contributed by atoms with E-state index in [-0.39, 0.29) is 0 Å². The molecule has 0 amide bonds. The molecule has 0 bridgehead atoms. The molecular weight excluding hydrogens is 173 g/mol. The highest BCUT2D eigenvalue weighted by Crippen LogP contribution is 2.22. The summed E-state index contributed by atoms with van der Waals surface area (Å²) in [6.45, 7) is 0. The van der Waals surface area contributed by atoms with Crippen molar-refractivity contribution in [1.29, 1.82) is 0 Å². The van der Waals surface area contributed by atoms with E-state index in [4.69, 9.17) is 27.9 Å². The van der Waals surface area contributed by atoms with Gasteiger partial charge in [0.1, 0.15) is 5.02 Å². The molecule has 1 radical (unpaired) electrons. The summed E-state index contributed by atoms with van der Waals surface area (Å²) >= 11 is 11.1. The average Bonchev–Trinajstić information content (AvgIpc) is 1.88. The summed E-state index contributed by atoms with van der Waals surface area (Å²) in [6.07, 6.45) is 1.42. The number of pyridine rings is 1. The van der Waals surface area contributed by atoms with Crippen LogP contribution in [0.5, 0.6) is 5.88 Å². The third-order valence-corrected chi connectivity index (χ3v) is 1.35. The van der Waals surface area contributed by atoms with E-state index in [1.807, 2.05) is 0 Å². The highest BCUT2D eigenvalue weighted by Gasteiger charge is 2.00. The van der Waals surface area contributed by atoms with Crippen LogP contribution in [0, 0.1) is 6.07 Å². The van der Waals surface area contributed by atoms with Gasteiger partial charge in [0.25, 0.3) is 0 Å². The summed E-state index contributed by atoms with van der Waals surface area (Å²) in [7, 11) is 1.48. The highest BCUT2D eigenvalue weighted by atomic mass is 35.5. The summed E-state index contributed by atoms with van der Waals surface area (Å²) in [6, 6.07) is 2.63. The van der Waals surface area contributed by atoms with E-state index >= 15 is 0 Å². The molecule has 1 heterocycles. The fourth-order valence-electron chi connectivity index (χ4n) is 0.505. The van der Waals surface area contributed by atoms with Gasteiger partial charge in [0.15, 0.2) is 0 Å². The van der Waals surface area contributed by atoms with Crippen molar-refractivity contribution in [2.45, 2.75) is 0 Å². The van der Waals surface area contributed by atoms with Gasteiger partial charge in [-0.2, -0.15) is 0 Å². The smallest absolute Gasteiger partial charge is 0.233 e. The van der Waals surface area contributed by atoms with Gasteiger partial charge in [-0.15, -0.1) is 0 Å². The lowest BCUT2D eigenvalue weighted by Gasteiger charge is -1.98. The monoisotopic (exact) mass is 176 g/mol. The molecule has 4 heteroatoms. The van der Waals surface area contributed by atoms with Gasteiger partial charge in [-0.25, -0.2) is 4.98 Å². The van der Waals surface area contributed by atoms with Gasteiger partial charge in [-0.3, -0.25) is 0 Å². The van der Waals surface area contributed by atoms with Gasteiger partial charge in [0.05, 0.1) is 18.3 Å². The Hall–Kier alpha value is -0.470. The quantitative estimate of drug-likeness (QED) is 0.655. The summed E-state index contributed by atoms with van der Waals surface area (Å²) in [5.74, 6) is 0.339. The van der Waals surface area contributed by atoms with Gasteiger partial charge in [0.2, 0.25) is 5.88 Å². The molecule has 0 saturated heterocycles. The predicted molar refractivity (Wildman–Crippen MR) is 39.6 cm³/mol. The Morgan fingerprint density at radius 3 is 2.80 bits per heavy atom. The van der Waals surface area contributed by atoms with Gasteiger partial charge in [0, 0.05) is 6.07 Å². The SMILES string of the molecule is COc1ncc(Cl)[c]c1Cl. The van der Waals surface area contributed by atoms with Crippen molar-refractivity contribution < 1.29 is 4.74 Å². The number of aromatic nitrogens is 1. The van der Waals surface area contributed by atoms with Gasteiger partial charge >= 0.3 is 0 Å². The minimum atomic E-state index is 0.301. The Bertz CT molecular complexity index is 239. The molecule has 0 aliphatic heterocycles. The van der Waals surface area contributed by atoms with E-state index < -0.39 is 0 Å². The van der Waals surface area contributed by atoms with E-state index in [0.29, 0.717) is 15.9 Å². The Morgan fingerprint density at radius 2 is 2.30 bits per heavy atom. The number of methoxy groups -OCH3 is 1. The fourth-order valence-corrected chi connectivity index (χ4v) is 0.924. The molecule has 0 aliphatic rings. The molecule has 1 rings (SSSR count). The average molecular weight is 177 g/mol. The zero-order valence-corrected chi connectivity index (χ0v) is 6.70. The van der Waals surface area contributed by atoms with Crippen molar-refractivity contribution in [2.75, 3.05) is 7.11 Å². The second-order valence-corrected chi connectivity index (χ2v) is 2.34. The maximum Gasteiger partial charge on any atom is 0.233 e. The van der Waals surface area contributed by atoms with Crippen LogP contribution in [0.3, 0.4) is 0 Å². The van der Waals surface area contributed by atoms with E-state index in [1.54, 1.807) is 0 Å². The fraction of sp³-hybridized carbons (Fsp3) is 0.167. The van der Waals surface area contributed by atoms with Crippen LogP contribution in [0.1, 0.15) is 0 Å². The molecular formula is C6H4Cl2NO. The molecule has 0 N–H and O–H groups in total. The lowest BCUT2D eigenvalue weighted by atomic mass is 10.5. The van der Waals surface area contributed by atoms with Gasteiger partial charge in [-0.1, -0.05) is 23.2 Å². The number of nitrogens with zero attached hydrogens (tertiary/aromatic N) is 1. The molecule has 0 spiro atoms. The molecule has 0 fully saturated rings. The first-order chi connectivity index (χ1) is 4.74. The van der Waals surface area contributed by atoms with Gasteiger partial charge < -0.3 is 4.74 Å². The standard InChI is InChI=1S/C6H4Cl2NO/c1-10-6-5(8)2-4(7)3-9-6/h3H,1H3. The second-order valence-electron chi connectivity index (χ2n) is 1.55. The second kappa shape index (κ2) is 3.08. The lowest BCUT2D eigenvalue weighted by Crippen LogP contribution is -1.87. The summed E-state index contributed by atoms with van der Waals surface area (Å²) in [4.78, 5) is 3.78. The Labute approximate surface area is 68.7 Å². The summed E-state index contributed by atoms with van der Waals surface area (Å²) in [5, 5.41) is 0.681. The third-order valence-electron chi connectivity index (χ3n) is 0.905. The van der Waals surface area contributed by atoms with Crippen molar-refractivity contribution in [3.05, 3.63) is 22.3 Å². The molecule has 10 heavy (non-hydrogen) atoms. The lowest BCUT2D eigenvalue weighted by molar-refractivity contribution is 0.398. The number of hydrogen-bond donors (Lipinski definition) is 0. The number of ether oxygens (including phenoxy) is 1. The first kappa shape index (κ1) is 7.63. The summed E-state index contributed by atoms with van der Waals surface area (Å²) in [5.41, 5.74) is 0. The van der Waals surface area contributed by atoms with Crippen molar-refractivity contribution >= 4 is 23.2 Å². The van der Waals surface area contributed by atoms with E-state index in [9.17, 15) is 0 Å². The third kappa shape index (κ3) is 1.52. The Morgan fingerprint density at radius 1 is 1.60 bits per heavy atom. The van der Waals surface area contributed by atoms with E-state index in [2.05, 4.69) is 11.1 Å². The first-order valence-corrected chi connectivity index (χ1v) is 3.27. The molecule has 0 unspecified atom stereocenters. The predicted octanol–water partition coefficient (Wildman–Crippen LogP) is 2.20. The van der Waals surface area contributed by atoms with Crippen LogP contribution in [-0.2, 0) is 0 Å². The minimum Gasteiger partial charge on any atom is -0.480 e. The van der Waals surface area contributed by atoms with Crippen LogP contribution < -0.4 is 4.74 Å². The highest BCUT2D eigenvalue weighted by molar-refractivity contribution is 6.34. The zero-order valence-electron chi connectivity index (χ0n) is 5.19. The van der Waals surface area contributed by atoms with Crippen LogP contribution in [0.25, 0.3) is 0 Å². The van der Waals surface area contributed by atoms with Crippen LogP contribution in [0.4, 0.5) is 0 Å². The van der Waals surface area contributed by atoms with Crippen molar-refractivity contribution in [3.8, 4) is 5.88 Å². The Kier molecular flexibility index (Phi) is 2.35. The number of hydrogen-bond acceptors (Lipinski definition) is 2. The largest absolute Gasteiger partial charge is 0.480 e. The maximum atomic E-state index is 5.60. The molecule has 2 nitrogen and oxygen atoms in total. The zero-order chi connectivity index (χ0) is 7.56. The van der Waals surface area contributed by atoms with Gasteiger partial charge in [-0.05, 0) is 0 Å². The van der Waals surface area contributed by atoms with Crippen molar-refractivity contribution in [1.82, 2.24) is 4.98 Å². The normalized spacial score (nSPS) is 9.50. The van der Waals surface area contributed by atoms with E-state index in [0.717, 1.165) is 0 Å². The van der Waals surface area contributed by atoms with E-state index in [1.165, 1.54) is 13.3 Å². The van der Waals surface area contributed by atoms with Crippen molar-refractivity contribution in [2.24, 2.45) is 0 Å². The maximum absolute atomic E-state index is 5.60. The molecule has 1 aromatic heterocycles. The number of halogens is 2. The molecule has 1 aromatic rings. The van der Waals surface area contributed by atoms with Crippen LogP contribution in [0.2, 0.25) is 10.0 Å². The van der Waals surface area contributed by atoms with Crippen molar-refractivity contribution in [3.63, 3.8) is 0 Å². The minimum absolute atomic E-state index is 0.301.